The maximum Gasteiger partial charge on any atom is 0.216 e. The van der Waals surface area contributed by atoms with Gasteiger partial charge in [-0.15, -0.1) is 12.4 Å². The van der Waals surface area contributed by atoms with Crippen molar-refractivity contribution in [3.05, 3.63) is 35.6 Å². The largest absolute Gasteiger partial charge is 0.311 e. The third-order valence-electron chi connectivity index (χ3n) is 4.09. The van der Waals surface area contributed by atoms with E-state index in [0.29, 0.717) is 17.6 Å². The molecule has 0 radical (unpaired) electrons. The van der Waals surface area contributed by atoms with Crippen molar-refractivity contribution in [3.63, 3.8) is 0 Å². The first-order valence-electron chi connectivity index (χ1n) is 7.01. The molecule has 2 aliphatic heterocycles. The molecule has 2 heterocycles. The summed E-state index contributed by atoms with van der Waals surface area (Å²) < 4.78 is 39.9. The predicted octanol–water partition coefficient (Wildman–Crippen LogP) is 1.95. The van der Waals surface area contributed by atoms with Gasteiger partial charge >= 0.3 is 0 Å². The van der Waals surface area contributed by atoms with Gasteiger partial charge in [-0.2, -0.15) is 0 Å². The van der Waals surface area contributed by atoms with E-state index in [1.807, 2.05) is 0 Å². The summed E-state index contributed by atoms with van der Waals surface area (Å²) in [5.74, 6) is -0.443. The van der Waals surface area contributed by atoms with Crippen LogP contribution in [0, 0.1) is 5.82 Å². The number of hydrogen-bond acceptors (Lipinski definition) is 3. The number of fused-ring (bicyclic) bond motifs is 2. The molecule has 0 saturated carbocycles. The zero-order valence-corrected chi connectivity index (χ0v) is 13.2. The first kappa shape index (κ1) is 16.7. The quantitative estimate of drug-likeness (QED) is 0.885. The zero-order chi connectivity index (χ0) is 14.2. The van der Waals surface area contributed by atoms with Crippen LogP contribution >= 0.6 is 12.4 Å². The minimum Gasteiger partial charge on any atom is -0.311 e. The summed E-state index contributed by atoms with van der Waals surface area (Å²) in [7, 11) is -3.37. The second-order valence-corrected chi connectivity index (χ2v) is 7.56. The maximum atomic E-state index is 12.8. The fourth-order valence-corrected chi connectivity index (χ4v) is 4.66. The van der Waals surface area contributed by atoms with Crippen LogP contribution in [0.15, 0.2) is 24.3 Å². The lowest BCUT2D eigenvalue weighted by Gasteiger charge is -2.29. The van der Waals surface area contributed by atoms with Crippen molar-refractivity contribution in [2.45, 2.75) is 49.6 Å². The Bertz CT molecular complexity index is 567. The van der Waals surface area contributed by atoms with Crippen LogP contribution in [0.4, 0.5) is 4.39 Å². The Morgan fingerprint density at radius 3 is 2.29 bits per heavy atom. The normalized spacial score (nSPS) is 28.1. The average Bonchev–Trinajstić information content (AvgIpc) is 2.71. The van der Waals surface area contributed by atoms with E-state index < -0.39 is 10.0 Å². The van der Waals surface area contributed by atoms with E-state index in [-0.39, 0.29) is 30.0 Å². The highest BCUT2D eigenvalue weighted by molar-refractivity contribution is 7.88. The zero-order valence-electron chi connectivity index (χ0n) is 11.6. The van der Waals surface area contributed by atoms with Crippen LogP contribution in [-0.2, 0) is 15.8 Å². The van der Waals surface area contributed by atoms with Gasteiger partial charge < -0.3 is 5.32 Å². The summed E-state index contributed by atoms with van der Waals surface area (Å²) in [5, 5.41) is 3.49. The number of rotatable bonds is 4. The van der Waals surface area contributed by atoms with Crippen molar-refractivity contribution < 1.29 is 12.8 Å². The van der Waals surface area contributed by atoms with Crippen LogP contribution in [-0.4, -0.2) is 26.5 Å². The van der Waals surface area contributed by atoms with Gasteiger partial charge in [-0.3, -0.25) is 0 Å². The molecular weight excluding hydrogens is 315 g/mol. The van der Waals surface area contributed by atoms with Gasteiger partial charge in [-0.1, -0.05) is 12.1 Å². The van der Waals surface area contributed by atoms with Crippen LogP contribution in [0.5, 0.6) is 0 Å². The molecule has 2 atom stereocenters. The van der Waals surface area contributed by atoms with Gasteiger partial charge in [-0.05, 0) is 43.4 Å². The highest BCUT2D eigenvalue weighted by atomic mass is 35.5. The molecule has 2 unspecified atom stereocenters. The molecule has 0 spiro atoms. The number of sulfonamides is 1. The van der Waals surface area contributed by atoms with Crippen molar-refractivity contribution in [2.24, 2.45) is 0 Å². The van der Waals surface area contributed by atoms with Crippen molar-refractivity contribution in [2.75, 3.05) is 0 Å². The Kier molecular flexibility index (Phi) is 5.24. The molecule has 4 nitrogen and oxygen atoms in total. The molecule has 3 rings (SSSR count). The summed E-state index contributed by atoms with van der Waals surface area (Å²) >= 11 is 0. The highest BCUT2D eigenvalue weighted by Gasteiger charge is 2.34. The van der Waals surface area contributed by atoms with Crippen LogP contribution in [0.3, 0.4) is 0 Å². The lowest BCUT2D eigenvalue weighted by atomic mass is 10.0. The van der Waals surface area contributed by atoms with E-state index in [9.17, 15) is 12.8 Å². The van der Waals surface area contributed by atoms with Crippen LogP contribution in [0.1, 0.15) is 31.2 Å². The number of benzene rings is 1. The molecule has 2 saturated heterocycles. The molecule has 2 fully saturated rings. The fourth-order valence-electron chi connectivity index (χ4n) is 3.25. The number of hydrogen-bond donors (Lipinski definition) is 2. The number of nitrogens with one attached hydrogen (secondary N) is 2. The van der Waals surface area contributed by atoms with Gasteiger partial charge in [0, 0.05) is 18.1 Å². The van der Waals surface area contributed by atoms with E-state index in [1.54, 1.807) is 0 Å². The minimum absolute atomic E-state index is 0. The van der Waals surface area contributed by atoms with Gasteiger partial charge in [-0.25, -0.2) is 17.5 Å². The van der Waals surface area contributed by atoms with E-state index >= 15 is 0 Å². The average molecular weight is 335 g/mol. The monoisotopic (exact) mass is 334 g/mol. The van der Waals surface area contributed by atoms with Gasteiger partial charge in [0.1, 0.15) is 5.82 Å². The second kappa shape index (κ2) is 6.60. The fraction of sp³-hybridized carbons (Fsp3) is 0.571. The summed E-state index contributed by atoms with van der Waals surface area (Å²) in [6, 6.07) is 6.53. The number of piperidine rings is 1. The highest BCUT2D eigenvalue weighted by Crippen LogP contribution is 2.27. The molecule has 7 heteroatoms. The van der Waals surface area contributed by atoms with Crippen molar-refractivity contribution in [1.29, 1.82) is 0 Å². The van der Waals surface area contributed by atoms with E-state index in [2.05, 4.69) is 10.0 Å². The van der Waals surface area contributed by atoms with Gasteiger partial charge in [0.05, 0.1) is 5.75 Å². The molecule has 2 N–H and O–H groups in total. The van der Waals surface area contributed by atoms with Gasteiger partial charge in [0.15, 0.2) is 0 Å². The van der Waals surface area contributed by atoms with Crippen molar-refractivity contribution in [3.8, 4) is 0 Å². The Hall–Kier alpha value is -0.690. The van der Waals surface area contributed by atoms with E-state index in [1.165, 1.54) is 24.3 Å². The standard InChI is InChI=1S/C14H19FN2O2S.ClH/c15-11-3-1-10(2-4-11)9-20(18,19)17-14-7-12-5-6-13(8-14)16-12;/h1-4,12-14,16-17H,5-9H2;1H. The molecule has 118 valence electrons. The summed E-state index contributed by atoms with van der Waals surface area (Å²) in [4.78, 5) is 0. The van der Waals surface area contributed by atoms with Crippen LogP contribution in [0.2, 0.25) is 0 Å². The van der Waals surface area contributed by atoms with Gasteiger partial charge in [0.25, 0.3) is 0 Å². The molecule has 0 amide bonds. The van der Waals surface area contributed by atoms with Crippen LogP contribution < -0.4 is 10.0 Å². The Labute approximate surface area is 131 Å². The Morgan fingerprint density at radius 1 is 1.14 bits per heavy atom. The topological polar surface area (TPSA) is 58.2 Å². The smallest absolute Gasteiger partial charge is 0.216 e. The molecule has 2 aliphatic rings. The number of halogens is 2. The summed E-state index contributed by atoms with van der Waals surface area (Å²) in [6.45, 7) is 0. The first-order chi connectivity index (χ1) is 9.50. The van der Waals surface area contributed by atoms with E-state index in [4.69, 9.17) is 0 Å². The third kappa shape index (κ3) is 4.39. The SMILES string of the molecule is Cl.O=S(=O)(Cc1ccc(F)cc1)NC1CC2CCC(C1)N2. The predicted molar refractivity (Wildman–Crippen MR) is 82.4 cm³/mol. The van der Waals surface area contributed by atoms with Crippen molar-refractivity contribution >= 4 is 22.4 Å². The van der Waals surface area contributed by atoms with Crippen molar-refractivity contribution in [1.82, 2.24) is 10.0 Å². The summed E-state index contributed by atoms with van der Waals surface area (Å²) in [5.41, 5.74) is 0.607. The van der Waals surface area contributed by atoms with Crippen LogP contribution in [0.25, 0.3) is 0 Å². The lowest BCUT2D eigenvalue weighted by Crippen LogP contribution is -2.48. The first-order valence-corrected chi connectivity index (χ1v) is 8.66. The summed E-state index contributed by atoms with van der Waals surface area (Å²) in [6.07, 6.45) is 4.00. The molecule has 1 aromatic carbocycles. The second-order valence-electron chi connectivity index (χ2n) is 5.81. The van der Waals surface area contributed by atoms with Gasteiger partial charge in [0.2, 0.25) is 10.0 Å². The molecule has 0 aliphatic carbocycles. The lowest BCUT2D eigenvalue weighted by molar-refractivity contribution is 0.345. The molecule has 1 aromatic rings. The molecular formula is C14H20ClFN2O2S. The molecule has 21 heavy (non-hydrogen) atoms. The maximum absolute atomic E-state index is 12.8. The van der Waals surface area contributed by atoms with E-state index in [0.717, 1.165) is 25.7 Å². The molecule has 0 aromatic heterocycles. The Morgan fingerprint density at radius 2 is 1.71 bits per heavy atom. The third-order valence-corrected chi connectivity index (χ3v) is 5.50. The minimum atomic E-state index is -3.37. The molecule has 2 bridgehead atoms. The Balaban J connectivity index is 0.00000161.